The SMILES string of the molecule is CC(=O)SCC#Cc1cccc(C(=O)C(F)(F)F)c1. The first-order valence-electron chi connectivity index (χ1n) is 5.14. The van der Waals surface area contributed by atoms with Gasteiger partial charge >= 0.3 is 6.18 Å². The summed E-state index contributed by atoms with van der Waals surface area (Å²) in [6, 6.07) is 5.01. The normalized spacial score (nSPS) is 10.5. The Morgan fingerprint density at radius 3 is 2.58 bits per heavy atom. The average molecular weight is 286 g/mol. The Morgan fingerprint density at radius 1 is 1.32 bits per heavy atom. The molecule has 100 valence electrons. The average Bonchev–Trinajstić information content (AvgIpc) is 2.33. The summed E-state index contributed by atoms with van der Waals surface area (Å²) in [6.07, 6.45) is -4.89. The first-order valence-corrected chi connectivity index (χ1v) is 6.13. The van der Waals surface area contributed by atoms with Crippen LogP contribution >= 0.6 is 11.8 Å². The van der Waals surface area contributed by atoms with Gasteiger partial charge in [0.05, 0.1) is 5.75 Å². The van der Waals surface area contributed by atoms with E-state index in [0.717, 1.165) is 23.9 Å². The third kappa shape index (κ3) is 5.18. The highest BCUT2D eigenvalue weighted by Gasteiger charge is 2.39. The number of carbonyl (C=O) groups excluding carboxylic acids is 2. The van der Waals surface area contributed by atoms with E-state index in [0.29, 0.717) is 5.56 Å². The van der Waals surface area contributed by atoms with Gasteiger partial charge in [0, 0.05) is 18.1 Å². The third-order valence-corrected chi connectivity index (χ3v) is 2.66. The second-order valence-corrected chi connectivity index (χ2v) is 4.64. The Morgan fingerprint density at radius 2 is 2.00 bits per heavy atom. The molecular formula is C13H9F3O2S. The van der Waals surface area contributed by atoms with Gasteiger partial charge in [-0.2, -0.15) is 13.2 Å². The van der Waals surface area contributed by atoms with Crippen LogP contribution in [0.1, 0.15) is 22.8 Å². The number of alkyl halides is 3. The van der Waals surface area contributed by atoms with Gasteiger partial charge < -0.3 is 0 Å². The van der Waals surface area contributed by atoms with Crippen molar-refractivity contribution >= 4 is 22.7 Å². The van der Waals surface area contributed by atoms with Crippen LogP contribution in [0.2, 0.25) is 0 Å². The van der Waals surface area contributed by atoms with Gasteiger partial charge in [-0.3, -0.25) is 9.59 Å². The Kier molecular flexibility index (Phi) is 5.19. The van der Waals surface area contributed by atoms with Crippen molar-refractivity contribution in [3.8, 4) is 11.8 Å². The second kappa shape index (κ2) is 6.43. The summed E-state index contributed by atoms with van der Waals surface area (Å²) in [5, 5.41) is -0.0877. The van der Waals surface area contributed by atoms with Gasteiger partial charge in [-0.05, 0) is 12.1 Å². The fourth-order valence-electron chi connectivity index (χ4n) is 1.18. The maximum absolute atomic E-state index is 12.2. The van der Waals surface area contributed by atoms with E-state index in [1.165, 1.54) is 19.1 Å². The molecule has 0 aliphatic carbocycles. The Labute approximate surface area is 112 Å². The van der Waals surface area contributed by atoms with Crippen LogP contribution in [-0.4, -0.2) is 22.8 Å². The maximum atomic E-state index is 12.2. The third-order valence-electron chi connectivity index (χ3n) is 1.96. The molecule has 0 N–H and O–H groups in total. The monoisotopic (exact) mass is 286 g/mol. The first-order chi connectivity index (χ1) is 8.80. The van der Waals surface area contributed by atoms with Crippen molar-refractivity contribution in [2.24, 2.45) is 0 Å². The van der Waals surface area contributed by atoms with Crippen molar-refractivity contribution in [3.63, 3.8) is 0 Å². The highest BCUT2D eigenvalue weighted by atomic mass is 32.2. The Balaban J connectivity index is 2.83. The predicted molar refractivity (Wildman–Crippen MR) is 66.8 cm³/mol. The molecule has 1 aromatic rings. The highest BCUT2D eigenvalue weighted by molar-refractivity contribution is 8.13. The molecule has 0 bridgehead atoms. The van der Waals surface area contributed by atoms with E-state index in [2.05, 4.69) is 11.8 Å². The zero-order valence-corrected chi connectivity index (χ0v) is 10.7. The van der Waals surface area contributed by atoms with E-state index in [-0.39, 0.29) is 10.9 Å². The minimum absolute atomic E-state index is 0.0877. The molecule has 0 radical (unpaired) electrons. The van der Waals surface area contributed by atoms with E-state index >= 15 is 0 Å². The summed E-state index contributed by atoms with van der Waals surface area (Å²) >= 11 is 1.01. The lowest BCUT2D eigenvalue weighted by atomic mass is 10.1. The molecule has 0 saturated heterocycles. The molecule has 0 spiro atoms. The second-order valence-electron chi connectivity index (χ2n) is 3.49. The Bertz CT molecular complexity index is 553. The number of carbonyl (C=O) groups is 2. The van der Waals surface area contributed by atoms with E-state index in [4.69, 9.17) is 0 Å². The van der Waals surface area contributed by atoms with Crippen molar-refractivity contribution in [2.45, 2.75) is 13.1 Å². The van der Waals surface area contributed by atoms with Gasteiger partial charge in [-0.15, -0.1) is 0 Å². The Hall–Kier alpha value is -1.74. The zero-order chi connectivity index (χ0) is 14.5. The number of Topliss-reactive ketones (excluding diaryl/α,β-unsaturated/α-hetero) is 1. The van der Waals surface area contributed by atoms with Crippen LogP contribution < -0.4 is 0 Å². The molecule has 0 fully saturated rings. The number of hydrogen-bond donors (Lipinski definition) is 0. The molecule has 19 heavy (non-hydrogen) atoms. The lowest BCUT2D eigenvalue weighted by Gasteiger charge is -2.04. The molecule has 0 saturated carbocycles. The summed E-state index contributed by atoms with van der Waals surface area (Å²) in [4.78, 5) is 21.7. The van der Waals surface area contributed by atoms with Crippen LogP contribution in [0.3, 0.4) is 0 Å². The number of rotatable bonds is 2. The fourth-order valence-corrected chi connectivity index (χ4v) is 1.53. The molecule has 0 heterocycles. The van der Waals surface area contributed by atoms with Crippen molar-refractivity contribution in [3.05, 3.63) is 35.4 Å². The van der Waals surface area contributed by atoms with E-state index < -0.39 is 17.5 Å². The largest absolute Gasteiger partial charge is 0.454 e. The molecule has 2 nitrogen and oxygen atoms in total. The van der Waals surface area contributed by atoms with Crippen LogP contribution in [0.5, 0.6) is 0 Å². The molecule has 0 aliphatic heterocycles. The molecule has 0 atom stereocenters. The zero-order valence-electron chi connectivity index (χ0n) is 9.88. The van der Waals surface area contributed by atoms with Crippen molar-refractivity contribution < 1.29 is 22.8 Å². The van der Waals surface area contributed by atoms with E-state index in [1.807, 2.05) is 0 Å². The first kappa shape index (κ1) is 15.3. The van der Waals surface area contributed by atoms with Crippen LogP contribution in [0.15, 0.2) is 24.3 Å². The van der Waals surface area contributed by atoms with Crippen molar-refractivity contribution in [1.29, 1.82) is 0 Å². The summed E-state index contributed by atoms with van der Waals surface area (Å²) in [6.45, 7) is 1.40. The number of hydrogen-bond acceptors (Lipinski definition) is 3. The van der Waals surface area contributed by atoms with Crippen LogP contribution in [-0.2, 0) is 4.79 Å². The lowest BCUT2D eigenvalue weighted by Crippen LogP contribution is -2.22. The minimum atomic E-state index is -4.89. The molecule has 1 aromatic carbocycles. The minimum Gasteiger partial charge on any atom is -0.288 e. The number of benzene rings is 1. The van der Waals surface area contributed by atoms with Crippen molar-refractivity contribution in [1.82, 2.24) is 0 Å². The summed E-state index contributed by atoms with van der Waals surface area (Å²) < 4.78 is 36.7. The number of ketones is 1. The van der Waals surface area contributed by atoms with Gasteiger partial charge in [-0.1, -0.05) is 35.7 Å². The van der Waals surface area contributed by atoms with E-state index in [9.17, 15) is 22.8 Å². The van der Waals surface area contributed by atoms with Gasteiger partial charge in [-0.25, -0.2) is 0 Å². The lowest BCUT2D eigenvalue weighted by molar-refractivity contribution is -0.109. The molecule has 0 aliphatic rings. The van der Waals surface area contributed by atoms with Gasteiger partial charge in [0.15, 0.2) is 5.12 Å². The molecule has 0 amide bonds. The quantitative estimate of drug-likeness (QED) is 0.619. The molecule has 0 aromatic heterocycles. The molecular weight excluding hydrogens is 277 g/mol. The van der Waals surface area contributed by atoms with Crippen LogP contribution in [0.4, 0.5) is 13.2 Å². The maximum Gasteiger partial charge on any atom is 0.454 e. The molecule has 0 unspecified atom stereocenters. The molecule has 6 heteroatoms. The molecule has 1 rings (SSSR count). The van der Waals surface area contributed by atoms with Gasteiger partial charge in [0.25, 0.3) is 5.78 Å². The number of thioether (sulfide) groups is 1. The van der Waals surface area contributed by atoms with Gasteiger partial charge in [0.2, 0.25) is 0 Å². The van der Waals surface area contributed by atoms with E-state index in [1.54, 1.807) is 0 Å². The topological polar surface area (TPSA) is 34.1 Å². The predicted octanol–water partition coefficient (Wildman–Crippen LogP) is 3.06. The van der Waals surface area contributed by atoms with Crippen LogP contribution in [0, 0.1) is 11.8 Å². The van der Waals surface area contributed by atoms with Crippen LogP contribution in [0.25, 0.3) is 0 Å². The highest BCUT2D eigenvalue weighted by Crippen LogP contribution is 2.21. The smallest absolute Gasteiger partial charge is 0.288 e. The fraction of sp³-hybridized carbons (Fsp3) is 0.231. The van der Waals surface area contributed by atoms with Gasteiger partial charge in [0.1, 0.15) is 0 Å². The summed E-state index contributed by atoms with van der Waals surface area (Å²) in [5.74, 6) is 3.60. The number of halogens is 3. The standard InChI is InChI=1S/C13H9F3O2S/c1-9(17)19-7-3-5-10-4-2-6-11(8-10)12(18)13(14,15)16/h2,4,6,8H,7H2,1H3. The summed E-state index contributed by atoms with van der Waals surface area (Å²) in [7, 11) is 0. The van der Waals surface area contributed by atoms with Crippen molar-refractivity contribution in [2.75, 3.05) is 5.75 Å². The summed E-state index contributed by atoms with van der Waals surface area (Å²) in [5.41, 5.74) is -0.141.